The van der Waals surface area contributed by atoms with E-state index in [0.29, 0.717) is 6.61 Å². The van der Waals surface area contributed by atoms with Gasteiger partial charge in [-0.25, -0.2) is 4.98 Å². The minimum absolute atomic E-state index is 0.242. The summed E-state index contributed by atoms with van der Waals surface area (Å²) in [6.07, 6.45) is 5.08. The molecule has 0 aliphatic heterocycles. The third-order valence-corrected chi connectivity index (χ3v) is 1.69. The van der Waals surface area contributed by atoms with Crippen molar-refractivity contribution in [2.75, 3.05) is 0 Å². The summed E-state index contributed by atoms with van der Waals surface area (Å²) in [5.41, 5.74) is 1.02. The van der Waals surface area contributed by atoms with Crippen LogP contribution in [0.2, 0.25) is 0 Å². The Hall–Kier alpha value is -2.10. The van der Waals surface area contributed by atoms with E-state index < -0.39 is 0 Å². The third kappa shape index (κ3) is 5.59. The van der Waals surface area contributed by atoms with E-state index in [1.807, 2.05) is 30.3 Å². The zero-order valence-corrected chi connectivity index (χ0v) is 9.09. The minimum Gasteiger partial charge on any atom is -0.461 e. The van der Waals surface area contributed by atoms with Gasteiger partial charge in [-0.3, -0.25) is 4.79 Å². The van der Waals surface area contributed by atoms with Crippen LogP contribution in [0.25, 0.3) is 0 Å². The van der Waals surface area contributed by atoms with Crippen LogP contribution in [-0.4, -0.2) is 15.9 Å². The van der Waals surface area contributed by atoms with E-state index in [1.165, 1.54) is 6.92 Å². The predicted octanol–water partition coefficient (Wildman–Crippen LogP) is 2.16. The molecule has 0 amide bonds. The van der Waals surface area contributed by atoms with Gasteiger partial charge in [-0.15, -0.1) is 0 Å². The summed E-state index contributed by atoms with van der Waals surface area (Å²) in [4.78, 5) is 16.8. The monoisotopic (exact) mass is 218 g/mol. The molecule has 4 nitrogen and oxygen atoms in total. The average molecular weight is 218 g/mol. The van der Waals surface area contributed by atoms with Crippen molar-refractivity contribution in [1.82, 2.24) is 9.97 Å². The van der Waals surface area contributed by atoms with Crippen molar-refractivity contribution >= 4 is 5.97 Å². The van der Waals surface area contributed by atoms with Gasteiger partial charge < -0.3 is 9.72 Å². The molecule has 0 saturated heterocycles. The van der Waals surface area contributed by atoms with Gasteiger partial charge in [0.05, 0.1) is 6.33 Å². The lowest BCUT2D eigenvalue weighted by Crippen LogP contribution is -1.97. The molecule has 0 aliphatic carbocycles. The molecular weight excluding hydrogens is 204 g/mol. The summed E-state index contributed by atoms with van der Waals surface area (Å²) < 4.78 is 4.79. The first-order valence-electron chi connectivity index (χ1n) is 4.89. The number of rotatable bonds is 2. The maximum atomic E-state index is 10.4. The number of imidazole rings is 1. The number of ether oxygens (including phenoxy) is 1. The van der Waals surface area contributed by atoms with Crippen molar-refractivity contribution in [2.24, 2.45) is 0 Å². The Morgan fingerprint density at radius 3 is 2.56 bits per heavy atom. The second-order valence-corrected chi connectivity index (χ2v) is 3.03. The topological polar surface area (TPSA) is 55.0 Å². The minimum atomic E-state index is -0.242. The molecule has 1 aromatic heterocycles. The highest BCUT2D eigenvalue weighted by molar-refractivity contribution is 5.65. The zero-order chi connectivity index (χ0) is 11.6. The Labute approximate surface area is 94.3 Å². The maximum absolute atomic E-state index is 10.4. The molecule has 0 atom stereocenters. The largest absolute Gasteiger partial charge is 0.461 e. The first kappa shape index (κ1) is 12.0. The number of benzene rings is 1. The van der Waals surface area contributed by atoms with Crippen molar-refractivity contribution < 1.29 is 9.53 Å². The van der Waals surface area contributed by atoms with Crippen molar-refractivity contribution in [3.8, 4) is 0 Å². The van der Waals surface area contributed by atoms with E-state index in [-0.39, 0.29) is 5.97 Å². The standard InChI is InChI=1S/C9H10O2.C3H4N2/c1-8(10)11-7-9-5-3-2-4-6-9;1-2-5-3-4-1/h2-6H,7H2,1H3;1-3H,(H,4,5). The van der Waals surface area contributed by atoms with Gasteiger partial charge in [-0.1, -0.05) is 30.3 Å². The molecule has 0 spiro atoms. The lowest BCUT2D eigenvalue weighted by atomic mass is 10.2. The average Bonchev–Trinajstić information content (AvgIpc) is 2.86. The fraction of sp³-hybridized carbons (Fsp3) is 0.167. The number of hydrogen-bond acceptors (Lipinski definition) is 3. The van der Waals surface area contributed by atoms with Crippen LogP contribution >= 0.6 is 0 Å². The second kappa shape index (κ2) is 7.23. The SMILES string of the molecule is CC(=O)OCc1ccccc1.c1c[nH]cn1. The number of aromatic amines is 1. The molecule has 1 N–H and O–H groups in total. The van der Waals surface area contributed by atoms with Crippen LogP contribution in [0, 0.1) is 0 Å². The van der Waals surface area contributed by atoms with Gasteiger partial charge in [-0.2, -0.15) is 0 Å². The second-order valence-electron chi connectivity index (χ2n) is 3.03. The molecule has 2 rings (SSSR count). The third-order valence-electron chi connectivity index (χ3n) is 1.69. The van der Waals surface area contributed by atoms with E-state index in [1.54, 1.807) is 18.7 Å². The number of carbonyl (C=O) groups excluding carboxylic acids is 1. The summed E-state index contributed by atoms with van der Waals surface area (Å²) in [5.74, 6) is -0.242. The fourth-order valence-corrected chi connectivity index (χ4v) is 0.974. The summed E-state index contributed by atoms with van der Waals surface area (Å²) in [7, 11) is 0. The van der Waals surface area contributed by atoms with Crippen LogP contribution in [0.15, 0.2) is 49.1 Å². The van der Waals surface area contributed by atoms with Crippen LogP contribution in [0.5, 0.6) is 0 Å². The lowest BCUT2D eigenvalue weighted by molar-refractivity contribution is -0.142. The Balaban J connectivity index is 0.000000212. The normalized spacial score (nSPS) is 8.81. The van der Waals surface area contributed by atoms with Gasteiger partial charge in [0.15, 0.2) is 0 Å². The first-order valence-corrected chi connectivity index (χ1v) is 4.89. The van der Waals surface area contributed by atoms with E-state index in [0.717, 1.165) is 5.56 Å². The number of nitrogens with one attached hydrogen (secondary N) is 1. The molecule has 0 bridgehead atoms. The summed E-state index contributed by atoms with van der Waals surface area (Å²) >= 11 is 0. The zero-order valence-electron chi connectivity index (χ0n) is 9.09. The van der Waals surface area contributed by atoms with Crippen LogP contribution in [0.3, 0.4) is 0 Å². The van der Waals surface area contributed by atoms with Crippen molar-refractivity contribution in [3.05, 3.63) is 54.6 Å². The van der Waals surface area contributed by atoms with E-state index in [9.17, 15) is 4.79 Å². The Kier molecular flexibility index (Phi) is 5.41. The van der Waals surface area contributed by atoms with Gasteiger partial charge in [-0.05, 0) is 5.56 Å². The van der Waals surface area contributed by atoms with E-state index in [2.05, 4.69) is 9.97 Å². The van der Waals surface area contributed by atoms with Crippen LogP contribution in [-0.2, 0) is 16.1 Å². The van der Waals surface area contributed by atoms with Crippen LogP contribution in [0.4, 0.5) is 0 Å². The highest BCUT2D eigenvalue weighted by Gasteiger charge is 1.93. The summed E-state index contributed by atoms with van der Waals surface area (Å²) in [6, 6.07) is 9.60. The Morgan fingerprint density at radius 2 is 2.12 bits per heavy atom. The van der Waals surface area contributed by atoms with Gasteiger partial charge in [0, 0.05) is 19.3 Å². The van der Waals surface area contributed by atoms with Gasteiger partial charge in [0.2, 0.25) is 0 Å². The van der Waals surface area contributed by atoms with Crippen LogP contribution < -0.4 is 0 Å². The van der Waals surface area contributed by atoms with Crippen molar-refractivity contribution in [1.29, 1.82) is 0 Å². The molecule has 0 unspecified atom stereocenters. The highest BCUT2D eigenvalue weighted by Crippen LogP contribution is 1.99. The number of H-pyrrole nitrogens is 1. The molecular formula is C12H14N2O2. The molecule has 1 heterocycles. The quantitative estimate of drug-likeness (QED) is 0.786. The molecule has 84 valence electrons. The number of aromatic nitrogens is 2. The molecule has 1 aromatic carbocycles. The summed E-state index contributed by atoms with van der Waals surface area (Å²) in [5, 5.41) is 0. The maximum Gasteiger partial charge on any atom is 0.302 e. The van der Waals surface area contributed by atoms with Crippen LogP contribution in [0.1, 0.15) is 12.5 Å². The van der Waals surface area contributed by atoms with Gasteiger partial charge in [0.25, 0.3) is 0 Å². The molecule has 0 radical (unpaired) electrons. The molecule has 4 heteroatoms. The predicted molar refractivity (Wildman–Crippen MR) is 60.5 cm³/mol. The molecule has 0 aliphatic rings. The Morgan fingerprint density at radius 1 is 1.38 bits per heavy atom. The van der Waals surface area contributed by atoms with Crippen molar-refractivity contribution in [3.63, 3.8) is 0 Å². The molecule has 0 saturated carbocycles. The van der Waals surface area contributed by atoms with Gasteiger partial charge >= 0.3 is 5.97 Å². The summed E-state index contributed by atoms with van der Waals surface area (Å²) in [6.45, 7) is 1.78. The van der Waals surface area contributed by atoms with E-state index >= 15 is 0 Å². The first-order chi connectivity index (χ1) is 7.79. The number of carbonyl (C=O) groups is 1. The van der Waals surface area contributed by atoms with Crippen molar-refractivity contribution in [2.45, 2.75) is 13.5 Å². The number of hydrogen-bond donors (Lipinski definition) is 1. The van der Waals surface area contributed by atoms with Gasteiger partial charge in [0.1, 0.15) is 6.61 Å². The number of nitrogens with zero attached hydrogens (tertiary/aromatic N) is 1. The Bertz CT molecular complexity index is 367. The fourth-order valence-electron chi connectivity index (χ4n) is 0.974. The molecule has 16 heavy (non-hydrogen) atoms. The number of esters is 1. The molecule has 0 fully saturated rings. The smallest absolute Gasteiger partial charge is 0.302 e. The molecule has 2 aromatic rings. The van der Waals surface area contributed by atoms with E-state index in [4.69, 9.17) is 4.74 Å². The highest BCUT2D eigenvalue weighted by atomic mass is 16.5. The lowest BCUT2D eigenvalue weighted by Gasteiger charge is -1.99.